The highest BCUT2D eigenvalue weighted by Gasteiger charge is 2.29. The quantitative estimate of drug-likeness (QED) is 0.457. The van der Waals surface area contributed by atoms with E-state index in [1.807, 2.05) is 60.8 Å². The number of piperidine rings is 1. The zero-order chi connectivity index (χ0) is 23.7. The zero-order valence-corrected chi connectivity index (χ0v) is 20.0. The largest absolute Gasteiger partial charge is 0.497 e. The first-order valence-electron chi connectivity index (χ1n) is 11.3. The van der Waals surface area contributed by atoms with Gasteiger partial charge in [0.25, 0.3) is 5.56 Å². The summed E-state index contributed by atoms with van der Waals surface area (Å²) in [5.41, 5.74) is 3.21. The lowest BCUT2D eigenvalue weighted by molar-refractivity contribution is -0.120. The monoisotopic (exact) mass is 474 g/mol. The molecule has 3 heterocycles. The van der Waals surface area contributed by atoms with Gasteiger partial charge in [-0.15, -0.1) is 11.3 Å². The minimum absolute atomic E-state index is 0.0428. The average Bonchev–Trinajstić information content (AvgIpc) is 3.34. The molecule has 1 fully saturated rings. The molecular formula is C26H26N4O3S. The Morgan fingerprint density at radius 3 is 2.79 bits per heavy atom. The van der Waals surface area contributed by atoms with Crippen molar-refractivity contribution in [3.63, 3.8) is 0 Å². The molecule has 1 atom stereocenters. The summed E-state index contributed by atoms with van der Waals surface area (Å²) < 4.78 is 7.57. The Bertz CT molecular complexity index is 1390. The number of carbonyl (C=O) groups excluding carboxylic acids is 1. The van der Waals surface area contributed by atoms with Crippen molar-refractivity contribution in [2.45, 2.75) is 19.8 Å². The fourth-order valence-electron chi connectivity index (χ4n) is 4.36. The highest BCUT2D eigenvalue weighted by molar-refractivity contribution is 7.17. The second-order valence-electron chi connectivity index (χ2n) is 8.53. The van der Waals surface area contributed by atoms with Gasteiger partial charge in [-0.05, 0) is 55.5 Å². The number of thiophene rings is 1. The Balaban J connectivity index is 1.47. The molecular weight excluding hydrogens is 448 g/mol. The van der Waals surface area contributed by atoms with Crippen LogP contribution in [0.2, 0.25) is 0 Å². The third-order valence-corrected chi connectivity index (χ3v) is 7.06. The molecule has 0 bridgehead atoms. The summed E-state index contributed by atoms with van der Waals surface area (Å²) >= 11 is 1.40. The topological polar surface area (TPSA) is 76.5 Å². The second kappa shape index (κ2) is 9.30. The Hall–Kier alpha value is -3.65. The lowest BCUT2D eigenvalue weighted by atomic mass is 9.97. The molecule has 0 radical (unpaired) electrons. The van der Waals surface area contributed by atoms with Crippen LogP contribution in [0, 0.1) is 12.8 Å². The number of aryl methyl sites for hydroxylation is 1. The van der Waals surface area contributed by atoms with E-state index in [1.165, 1.54) is 11.3 Å². The molecule has 1 amide bonds. The Morgan fingerprint density at radius 1 is 1.18 bits per heavy atom. The third kappa shape index (κ3) is 4.28. The van der Waals surface area contributed by atoms with Crippen LogP contribution in [0.1, 0.15) is 18.4 Å². The number of fused-ring (bicyclic) bond motifs is 1. The molecule has 0 saturated carbocycles. The molecule has 1 aliphatic heterocycles. The molecule has 34 heavy (non-hydrogen) atoms. The summed E-state index contributed by atoms with van der Waals surface area (Å²) in [6.45, 7) is 3.24. The Morgan fingerprint density at radius 2 is 2.00 bits per heavy atom. The lowest BCUT2D eigenvalue weighted by Gasteiger charge is -2.34. The number of nitrogens with one attached hydrogen (secondary N) is 1. The number of hydrogen-bond donors (Lipinski definition) is 1. The van der Waals surface area contributed by atoms with Gasteiger partial charge in [-0.3, -0.25) is 9.59 Å². The van der Waals surface area contributed by atoms with Crippen molar-refractivity contribution < 1.29 is 9.53 Å². The summed E-state index contributed by atoms with van der Waals surface area (Å²) in [6.07, 6.45) is 1.61. The first-order valence-corrected chi connectivity index (χ1v) is 12.2. The minimum Gasteiger partial charge on any atom is -0.497 e. The van der Waals surface area contributed by atoms with Crippen LogP contribution in [0.15, 0.2) is 64.8 Å². The van der Waals surface area contributed by atoms with Crippen molar-refractivity contribution in [1.82, 2.24) is 9.55 Å². The minimum atomic E-state index is -0.221. The molecule has 2 aromatic carbocycles. The van der Waals surface area contributed by atoms with Gasteiger partial charge in [0, 0.05) is 24.8 Å². The van der Waals surface area contributed by atoms with Gasteiger partial charge in [0.15, 0.2) is 0 Å². The molecule has 4 aromatic rings. The van der Waals surface area contributed by atoms with E-state index in [-0.39, 0.29) is 17.4 Å². The van der Waals surface area contributed by atoms with E-state index < -0.39 is 0 Å². The highest BCUT2D eigenvalue weighted by atomic mass is 32.1. The number of anilines is 2. The van der Waals surface area contributed by atoms with Gasteiger partial charge < -0.3 is 15.0 Å². The van der Waals surface area contributed by atoms with E-state index in [1.54, 1.807) is 17.7 Å². The number of aromatic nitrogens is 2. The van der Waals surface area contributed by atoms with Crippen LogP contribution in [-0.2, 0) is 4.79 Å². The van der Waals surface area contributed by atoms with Crippen molar-refractivity contribution in [2.24, 2.45) is 5.92 Å². The number of nitrogens with zero attached hydrogens (tertiary/aromatic N) is 3. The first kappa shape index (κ1) is 22.2. The molecule has 7 nitrogen and oxygen atoms in total. The van der Waals surface area contributed by atoms with Crippen LogP contribution >= 0.6 is 11.3 Å². The lowest BCUT2D eigenvalue weighted by Crippen LogP contribution is -2.43. The van der Waals surface area contributed by atoms with E-state index in [0.29, 0.717) is 34.1 Å². The smallest absolute Gasteiger partial charge is 0.277 e. The number of carbonyl (C=O) groups is 1. The van der Waals surface area contributed by atoms with Crippen LogP contribution in [0.5, 0.6) is 5.75 Å². The van der Waals surface area contributed by atoms with E-state index in [0.717, 1.165) is 30.6 Å². The third-order valence-electron chi connectivity index (χ3n) is 6.17. The molecule has 1 N–H and O–H groups in total. The maximum Gasteiger partial charge on any atom is 0.277 e. The molecule has 174 valence electrons. The Kier molecular flexibility index (Phi) is 6.06. The number of benzene rings is 2. The maximum absolute atomic E-state index is 13.5. The number of amides is 1. The predicted molar refractivity (Wildman–Crippen MR) is 137 cm³/mol. The van der Waals surface area contributed by atoms with E-state index in [2.05, 4.69) is 10.2 Å². The SMILES string of the molecule is COc1cccc(NC(=O)C2CCCN(c3nc4ccsc4c(=O)n3-c3ccc(C)cc3)C2)c1. The molecule has 1 saturated heterocycles. The van der Waals surface area contributed by atoms with Gasteiger partial charge in [0.2, 0.25) is 11.9 Å². The van der Waals surface area contributed by atoms with Gasteiger partial charge in [-0.2, -0.15) is 0 Å². The molecule has 8 heteroatoms. The summed E-state index contributed by atoms with van der Waals surface area (Å²) in [5, 5.41) is 4.91. The van der Waals surface area contributed by atoms with Gasteiger partial charge in [-0.25, -0.2) is 9.55 Å². The molecule has 5 rings (SSSR count). The summed E-state index contributed by atoms with van der Waals surface area (Å²) in [5.74, 6) is 1.01. The van der Waals surface area contributed by atoms with Crippen molar-refractivity contribution in [1.29, 1.82) is 0 Å². The van der Waals surface area contributed by atoms with Gasteiger partial charge >= 0.3 is 0 Å². The predicted octanol–water partition coefficient (Wildman–Crippen LogP) is 4.62. The van der Waals surface area contributed by atoms with E-state index in [4.69, 9.17) is 9.72 Å². The zero-order valence-electron chi connectivity index (χ0n) is 19.2. The molecule has 0 spiro atoms. The molecule has 2 aromatic heterocycles. The normalized spacial score (nSPS) is 15.9. The highest BCUT2D eigenvalue weighted by Crippen LogP contribution is 2.27. The van der Waals surface area contributed by atoms with Crippen molar-refractivity contribution in [3.05, 3.63) is 75.9 Å². The number of rotatable bonds is 5. The van der Waals surface area contributed by atoms with Crippen molar-refractivity contribution >= 4 is 39.1 Å². The van der Waals surface area contributed by atoms with Crippen LogP contribution < -0.4 is 20.5 Å². The van der Waals surface area contributed by atoms with Crippen LogP contribution in [0.25, 0.3) is 15.9 Å². The van der Waals surface area contributed by atoms with Crippen molar-refractivity contribution in [3.8, 4) is 11.4 Å². The maximum atomic E-state index is 13.5. The fourth-order valence-corrected chi connectivity index (χ4v) is 5.12. The molecule has 1 unspecified atom stereocenters. The molecule has 0 aliphatic carbocycles. The second-order valence-corrected chi connectivity index (χ2v) is 9.45. The van der Waals surface area contributed by atoms with Gasteiger partial charge in [0.1, 0.15) is 10.4 Å². The standard InChI is InChI=1S/C26H26N4O3S/c1-17-8-10-20(11-9-17)30-25(32)23-22(12-14-34-23)28-26(30)29-13-4-5-18(16-29)24(31)27-19-6-3-7-21(15-19)33-2/h3,6-12,14-15,18H,4-5,13,16H2,1-2H3,(H,27,31). The number of hydrogen-bond acceptors (Lipinski definition) is 6. The molecule has 1 aliphatic rings. The van der Waals surface area contributed by atoms with Crippen LogP contribution in [0.4, 0.5) is 11.6 Å². The number of ether oxygens (including phenoxy) is 1. The number of methoxy groups -OCH3 is 1. The van der Waals surface area contributed by atoms with Crippen LogP contribution in [-0.4, -0.2) is 35.7 Å². The summed E-state index contributed by atoms with van der Waals surface area (Å²) in [6, 6.07) is 17.1. The van der Waals surface area contributed by atoms with E-state index in [9.17, 15) is 9.59 Å². The Labute approximate surface area is 201 Å². The van der Waals surface area contributed by atoms with E-state index >= 15 is 0 Å². The van der Waals surface area contributed by atoms with Crippen LogP contribution in [0.3, 0.4) is 0 Å². The first-order chi connectivity index (χ1) is 16.5. The van der Waals surface area contributed by atoms with Crippen molar-refractivity contribution in [2.75, 3.05) is 30.4 Å². The fraction of sp³-hybridized carbons (Fsp3) is 0.269. The summed E-state index contributed by atoms with van der Waals surface area (Å²) in [7, 11) is 1.60. The van der Waals surface area contributed by atoms with Gasteiger partial charge in [-0.1, -0.05) is 23.8 Å². The van der Waals surface area contributed by atoms with Gasteiger partial charge in [0.05, 0.1) is 24.2 Å². The summed E-state index contributed by atoms with van der Waals surface area (Å²) in [4.78, 5) is 33.5. The average molecular weight is 475 g/mol.